The molecule has 0 amide bonds. The van der Waals surface area contributed by atoms with Gasteiger partial charge in [0.05, 0.1) is 6.10 Å². The highest BCUT2D eigenvalue weighted by Gasteiger charge is 2.28. The molecule has 0 aromatic heterocycles. The van der Waals surface area contributed by atoms with Crippen molar-refractivity contribution in [2.24, 2.45) is 5.92 Å². The molecule has 1 N–H and O–H groups in total. The summed E-state index contributed by atoms with van der Waals surface area (Å²) in [4.78, 5) is 2.19. The van der Waals surface area contributed by atoms with Gasteiger partial charge in [-0.05, 0) is 25.9 Å². The lowest BCUT2D eigenvalue weighted by Gasteiger charge is -2.35. The van der Waals surface area contributed by atoms with Gasteiger partial charge >= 0.3 is 0 Å². The molecule has 1 unspecified atom stereocenters. The largest absolute Gasteiger partial charge is 0.391 e. The van der Waals surface area contributed by atoms with Crippen molar-refractivity contribution >= 4 is 22.6 Å². The quantitative estimate of drug-likeness (QED) is 0.569. The molecule has 0 bridgehead atoms. The van der Waals surface area contributed by atoms with Gasteiger partial charge in [0.25, 0.3) is 0 Å². The molecule has 0 aromatic rings. The topological polar surface area (TPSA) is 23.5 Å². The Morgan fingerprint density at radius 1 is 1.64 bits per heavy atom. The summed E-state index contributed by atoms with van der Waals surface area (Å²) in [5, 5.41) is 9.66. The van der Waals surface area contributed by atoms with Crippen molar-refractivity contribution in [1.82, 2.24) is 4.90 Å². The summed E-state index contributed by atoms with van der Waals surface area (Å²) in [6.07, 6.45) is 1.03. The minimum Gasteiger partial charge on any atom is -0.391 e. The fraction of sp³-hybridized carbons (Fsp3) is 1.00. The van der Waals surface area contributed by atoms with Crippen molar-refractivity contribution in [1.29, 1.82) is 0 Å². The molecule has 1 rings (SSSR count). The minimum absolute atomic E-state index is 0.111. The number of halogens is 1. The number of β-amino-alcohol motifs (C(OH)–C–C–N with tert-alkyl or cyclic N) is 1. The van der Waals surface area contributed by atoms with Crippen LogP contribution in [0, 0.1) is 5.92 Å². The molecule has 3 heteroatoms. The Morgan fingerprint density at radius 2 is 2.27 bits per heavy atom. The number of likely N-dealkylation sites (N-methyl/N-ethyl adjacent to an activating group) is 1. The lowest BCUT2D eigenvalue weighted by Crippen LogP contribution is -2.44. The van der Waals surface area contributed by atoms with E-state index in [1.165, 1.54) is 0 Å². The van der Waals surface area contributed by atoms with Gasteiger partial charge in [-0.3, -0.25) is 0 Å². The minimum atomic E-state index is -0.111. The van der Waals surface area contributed by atoms with E-state index in [1.807, 2.05) is 0 Å². The standard InChI is InChI=1S/C8H16INO/c1-6(9)7-3-4-10(2)5-8(7)11/h6-8,11H,3-5H2,1-2H3/t6?,7-,8-/m1/s1. The van der Waals surface area contributed by atoms with Gasteiger partial charge in [0.15, 0.2) is 0 Å². The van der Waals surface area contributed by atoms with Gasteiger partial charge in [-0.1, -0.05) is 29.5 Å². The molecule has 1 fully saturated rings. The highest BCUT2D eigenvalue weighted by molar-refractivity contribution is 14.1. The summed E-state index contributed by atoms with van der Waals surface area (Å²) in [6.45, 7) is 4.16. The number of aliphatic hydroxyl groups is 1. The van der Waals surface area contributed by atoms with Crippen LogP contribution >= 0.6 is 22.6 Å². The third-order valence-corrected chi connectivity index (χ3v) is 3.35. The summed E-state index contributed by atoms with van der Waals surface area (Å²) in [5.74, 6) is 0.506. The maximum Gasteiger partial charge on any atom is 0.0705 e. The first kappa shape index (κ1) is 9.74. The summed E-state index contributed by atoms with van der Waals surface area (Å²) in [5.41, 5.74) is 0. The third-order valence-electron chi connectivity index (χ3n) is 2.43. The van der Waals surface area contributed by atoms with Crippen LogP contribution in [0.2, 0.25) is 0 Å². The van der Waals surface area contributed by atoms with E-state index in [4.69, 9.17) is 0 Å². The molecule has 0 spiro atoms. The van der Waals surface area contributed by atoms with E-state index >= 15 is 0 Å². The first-order valence-electron chi connectivity index (χ1n) is 4.12. The molecule has 3 atom stereocenters. The van der Waals surface area contributed by atoms with Crippen molar-refractivity contribution < 1.29 is 5.11 Å². The molecular formula is C8H16INO. The van der Waals surface area contributed by atoms with E-state index in [9.17, 15) is 5.11 Å². The zero-order chi connectivity index (χ0) is 8.43. The van der Waals surface area contributed by atoms with E-state index in [0.29, 0.717) is 9.84 Å². The molecule has 0 radical (unpaired) electrons. The first-order chi connectivity index (χ1) is 5.11. The van der Waals surface area contributed by atoms with Crippen LogP contribution in [0.15, 0.2) is 0 Å². The second kappa shape index (κ2) is 4.05. The third kappa shape index (κ3) is 2.56. The Hall–Kier alpha value is 0.650. The lowest BCUT2D eigenvalue weighted by molar-refractivity contribution is 0.0351. The predicted molar refractivity (Wildman–Crippen MR) is 55.1 cm³/mol. The maximum atomic E-state index is 9.66. The monoisotopic (exact) mass is 269 g/mol. The number of hydrogen-bond donors (Lipinski definition) is 1. The van der Waals surface area contributed by atoms with Crippen molar-refractivity contribution in [3.8, 4) is 0 Å². The van der Waals surface area contributed by atoms with E-state index in [-0.39, 0.29) is 6.10 Å². The Bertz CT molecular complexity index is 129. The van der Waals surface area contributed by atoms with Gasteiger partial charge in [0, 0.05) is 10.5 Å². The van der Waals surface area contributed by atoms with Crippen LogP contribution in [0.5, 0.6) is 0 Å². The first-order valence-corrected chi connectivity index (χ1v) is 5.36. The van der Waals surface area contributed by atoms with E-state index in [2.05, 4.69) is 41.5 Å². The van der Waals surface area contributed by atoms with Gasteiger partial charge < -0.3 is 10.0 Å². The van der Waals surface area contributed by atoms with Crippen LogP contribution in [0.25, 0.3) is 0 Å². The van der Waals surface area contributed by atoms with E-state index in [0.717, 1.165) is 19.5 Å². The molecule has 1 aliphatic heterocycles. The highest BCUT2D eigenvalue weighted by Crippen LogP contribution is 2.24. The molecule has 2 nitrogen and oxygen atoms in total. The smallest absolute Gasteiger partial charge is 0.0705 e. The average molecular weight is 269 g/mol. The Morgan fingerprint density at radius 3 is 2.73 bits per heavy atom. The number of alkyl halides is 1. The maximum absolute atomic E-state index is 9.66. The second-order valence-corrected chi connectivity index (χ2v) is 5.42. The number of piperidine rings is 1. The van der Waals surface area contributed by atoms with Gasteiger partial charge in [-0.15, -0.1) is 0 Å². The number of rotatable bonds is 1. The van der Waals surface area contributed by atoms with Gasteiger partial charge in [0.2, 0.25) is 0 Å². The fourth-order valence-electron chi connectivity index (χ4n) is 1.64. The van der Waals surface area contributed by atoms with Gasteiger partial charge in [-0.25, -0.2) is 0 Å². The van der Waals surface area contributed by atoms with Crippen LogP contribution in [-0.2, 0) is 0 Å². The Labute approximate surface area is 82.1 Å². The normalized spacial score (nSPS) is 37.1. The zero-order valence-corrected chi connectivity index (χ0v) is 9.28. The van der Waals surface area contributed by atoms with Gasteiger partial charge in [-0.2, -0.15) is 0 Å². The van der Waals surface area contributed by atoms with Crippen molar-refractivity contribution in [3.63, 3.8) is 0 Å². The molecule has 1 heterocycles. The summed E-state index contributed by atoms with van der Waals surface area (Å²) in [7, 11) is 2.07. The summed E-state index contributed by atoms with van der Waals surface area (Å²) >= 11 is 2.41. The number of aliphatic hydroxyl groups excluding tert-OH is 1. The van der Waals surface area contributed by atoms with Crippen LogP contribution < -0.4 is 0 Å². The highest BCUT2D eigenvalue weighted by atomic mass is 127. The lowest BCUT2D eigenvalue weighted by atomic mass is 9.92. The molecule has 0 aromatic carbocycles. The zero-order valence-electron chi connectivity index (χ0n) is 7.13. The molecule has 0 aliphatic carbocycles. The molecule has 66 valence electrons. The van der Waals surface area contributed by atoms with Crippen molar-refractivity contribution in [2.45, 2.75) is 23.4 Å². The Balaban J connectivity index is 2.44. The SMILES string of the molecule is CC(I)[C@H]1CCN(C)C[C@H]1O. The molecule has 1 saturated heterocycles. The number of nitrogens with zero attached hydrogens (tertiary/aromatic N) is 1. The van der Waals surface area contributed by atoms with E-state index < -0.39 is 0 Å². The van der Waals surface area contributed by atoms with Crippen LogP contribution in [0.3, 0.4) is 0 Å². The number of likely N-dealkylation sites (tertiary alicyclic amines) is 1. The van der Waals surface area contributed by atoms with Crippen LogP contribution in [0.1, 0.15) is 13.3 Å². The van der Waals surface area contributed by atoms with E-state index in [1.54, 1.807) is 0 Å². The Kier molecular flexibility index (Phi) is 3.58. The molecular weight excluding hydrogens is 253 g/mol. The van der Waals surface area contributed by atoms with Crippen LogP contribution in [-0.4, -0.2) is 40.2 Å². The summed E-state index contributed by atoms with van der Waals surface area (Å²) in [6, 6.07) is 0. The van der Waals surface area contributed by atoms with Crippen molar-refractivity contribution in [3.05, 3.63) is 0 Å². The van der Waals surface area contributed by atoms with Crippen LogP contribution in [0.4, 0.5) is 0 Å². The van der Waals surface area contributed by atoms with Crippen molar-refractivity contribution in [2.75, 3.05) is 20.1 Å². The van der Waals surface area contributed by atoms with Gasteiger partial charge in [0.1, 0.15) is 0 Å². The predicted octanol–water partition coefficient (Wildman–Crippen LogP) is 1.12. The summed E-state index contributed by atoms with van der Waals surface area (Å²) < 4.78 is 0.594. The second-order valence-electron chi connectivity index (χ2n) is 3.46. The molecule has 11 heavy (non-hydrogen) atoms. The average Bonchev–Trinajstić information content (AvgIpc) is 1.85. The number of hydrogen-bond acceptors (Lipinski definition) is 2. The fourth-order valence-corrected chi connectivity index (χ4v) is 2.48. The molecule has 1 aliphatic rings. The molecule has 0 saturated carbocycles.